The zero-order valence-electron chi connectivity index (χ0n) is 12.6. The summed E-state index contributed by atoms with van der Waals surface area (Å²) in [5.74, 6) is 0. The van der Waals surface area contributed by atoms with Crippen molar-refractivity contribution >= 4 is 40.3 Å². The summed E-state index contributed by atoms with van der Waals surface area (Å²) in [5, 5.41) is 12.1. The maximum Gasteiger partial charge on any atom is 0.175 e. The topological polar surface area (TPSA) is 41.9 Å². The molecule has 0 saturated carbocycles. The number of aromatic nitrogens is 2. The van der Waals surface area contributed by atoms with Crippen molar-refractivity contribution < 1.29 is 0 Å². The smallest absolute Gasteiger partial charge is 0.175 e. The average molecular weight is 323 g/mol. The van der Waals surface area contributed by atoms with E-state index in [4.69, 9.17) is 23.8 Å². The Labute approximate surface area is 135 Å². The first-order valence-corrected chi connectivity index (χ1v) is 7.59. The van der Waals surface area contributed by atoms with Crippen LogP contribution in [-0.4, -0.2) is 14.9 Å². The molecule has 2 aromatic rings. The van der Waals surface area contributed by atoms with Gasteiger partial charge in [-0.25, -0.2) is 0 Å². The van der Waals surface area contributed by atoms with Gasteiger partial charge in [-0.3, -0.25) is 4.68 Å². The average Bonchev–Trinajstić information content (AvgIpc) is 2.71. The van der Waals surface area contributed by atoms with Gasteiger partial charge in [-0.1, -0.05) is 17.7 Å². The highest BCUT2D eigenvalue weighted by atomic mass is 35.5. The van der Waals surface area contributed by atoms with Crippen molar-refractivity contribution in [3.63, 3.8) is 0 Å². The van der Waals surface area contributed by atoms with E-state index < -0.39 is 0 Å². The Hall–Kier alpha value is -1.59. The monoisotopic (exact) mass is 322 g/mol. The molecule has 0 atom stereocenters. The molecule has 0 fully saturated rings. The van der Waals surface area contributed by atoms with E-state index >= 15 is 0 Å². The Morgan fingerprint density at radius 2 is 2.00 bits per heavy atom. The van der Waals surface area contributed by atoms with Crippen molar-refractivity contribution in [1.82, 2.24) is 9.78 Å². The summed E-state index contributed by atoms with van der Waals surface area (Å²) >= 11 is 11.5. The number of benzene rings is 1. The first-order chi connectivity index (χ1) is 9.93. The summed E-state index contributed by atoms with van der Waals surface area (Å²) in [4.78, 5) is 0. The summed E-state index contributed by atoms with van der Waals surface area (Å²) in [6.45, 7) is 8.85. The Balaban J connectivity index is 2.16. The summed E-state index contributed by atoms with van der Waals surface area (Å²) in [6.07, 6.45) is 0. The lowest BCUT2D eigenvalue weighted by Gasteiger charge is -2.13. The van der Waals surface area contributed by atoms with Crippen molar-refractivity contribution in [1.29, 1.82) is 0 Å². The molecule has 1 aromatic carbocycles. The summed E-state index contributed by atoms with van der Waals surface area (Å²) in [5.41, 5.74) is 4.83. The molecule has 4 nitrogen and oxygen atoms in total. The third kappa shape index (κ3) is 3.36. The quantitative estimate of drug-likeness (QED) is 0.827. The molecule has 0 unspecified atom stereocenters. The van der Waals surface area contributed by atoms with Crippen LogP contribution in [0.1, 0.15) is 23.9 Å². The molecule has 0 aliphatic rings. The number of thiocarbonyl (C=S) groups is 1. The van der Waals surface area contributed by atoms with Gasteiger partial charge in [-0.2, -0.15) is 5.10 Å². The van der Waals surface area contributed by atoms with E-state index in [9.17, 15) is 0 Å². The van der Waals surface area contributed by atoms with Gasteiger partial charge in [-0.05, 0) is 57.6 Å². The molecule has 0 aliphatic carbocycles. The van der Waals surface area contributed by atoms with Gasteiger partial charge in [0.15, 0.2) is 5.11 Å². The molecule has 2 N–H and O–H groups in total. The van der Waals surface area contributed by atoms with Crippen LogP contribution in [0.15, 0.2) is 18.2 Å². The van der Waals surface area contributed by atoms with Crippen molar-refractivity contribution in [2.75, 3.05) is 10.6 Å². The molecule has 0 saturated heterocycles. The number of halogens is 1. The van der Waals surface area contributed by atoms with Gasteiger partial charge in [0.25, 0.3) is 0 Å². The predicted molar refractivity (Wildman–Crippen MR) is 93.4 cm³/mol. The fourth-order valence-electron chi connectivity index (χ4n) is 2.20. The molecular weight excluding hydrogens is 304 g/mol. The third-order valence-electron chi connectivity index (χ3n) is 3.44. The highest BCUT2D eigenvalue weighted by molar-refractivity contribution is 7.80. The van der Waals surface area contributed by atoms with Gasteiger partial charge in [0.05, 0.1) is 17.1 Å². The highest BCUT2D eigenvalue weighted by Gasteiger charge is 2.12. The minimum atomic E-state index is 0.530. The SMILES string of the molecule is CCn1nc(C)c(NC(=S)Nc2cccc(Cl)c2C)c1C. The molecule has 1 heterocycles. The van der Waals surface area contributed by atoms with Crippen LogP contribution in [0.5, 0.6) is 0 Å². The van der Waals surface area contributed by atoms with E-state index in [0.29, 0.717) is 10.1 Å². The van der Waals surface area contributed by atoms with E-state index in [-0.39, 0.29) is 0 Å². The van der Waals surface area contributed by atoms with Crippen LogP contribution < -0.4 is 10.6 Å². The number of hydrogen-bond acceptors (Lipinski definition) is 2. The molecule has 0 amide bonds. The molecule has 0 radical (unpaired) electrons. The van der Waals surface area contributed by atoms with E-state index in [1.54, 1.807) is 0 Å². The molecular formula is C15H19ClN4S. The normalized spacial score (nSPS) is 10.5. The van der Waals surface area contributed by atoms with Gasteiger partial charge < -0.3 is 10.6 Å². The highest BCUT2D eigenvalue weighted by Crippen LogP contribution is 2.24. The number of anilines is 2. The summed E-state index contributed by atoms with van der Waals surface area (Å²) in [7, 11) is 0. The van der Waals surface area contributed by atoms with Gasteiger partial charge in [0, 0.05) is 17.3 Å². The maximum absolute atomic E-state index is 6.11. The second kappa shape index (κ2) is 6.45. The van der Waals surface area contributed by atoms with Crippen LogP contribution in [0.4, 0.5) is 11.4 Å². The van der Waals surface area contributed by atoms with Crippen LogP contribution in [0.25, 0.3) is 0 Å². The minimum Gasteiger partial charge on any atom is -0.332 e. The fraction of sp³-hybridized carbons (Fsp3) is 0.333. The standard InChI is InChI=1S/C15H19ClN4S/c1-5-20-11(4)14(10(3)19-20)18-15(21)17-13-8-6-7-12(16)9(13)2/h6-8H,5H2,1-4H3,(H2,17,18,21). The number of nitrogens with zero attached hydrogens (tertiary/aromatic N) is 2. The summed E-state index contributed by atoms with van der Waals surface area (Å²) in [6, 6.07) is 5.70. The van der Waals surface area contributed by atoms with Crippen molar-refractivity contribution in [3.05, 3.63) is 40.2 Å². The first kappa shape index (κ1) is 15.8. The van der Waals surface area contributed by atoms with E-state index in [1.165, 1.54) is 0 Å². The van der Waals surface area contributed by atoms with Crippen LogP contribution in [0.3, 0.4) is 0 Å². The lowest BCUT2D eigenvalue weighted by atomic mass is 10.2. The number of rotatable bonds is 3. The van der Waals surface area contributed by atoms with Crippen molar-refractivity contribution in [2.24, 2.45) is 0 Å². The van der Waals surface area contributed by atoms with Crippen LogP contribution >= 0.6 is 23.8 Å². The Morgan fingerprint density at radius 1 is 1.29 bits per heavy atom. The third-order valence-corrected chi connectivity index (χ3v) is 4.05. The van der Waals surface area contributed by atoms with E-state index in [2.05, 4.69) is 22.7 Å². The minimum absolute atomic E-state index is 0.530. The van der Waals surface area contributed by atoms with Gasteiger partial charge in [0.1, 0.15) is 0 Å². The molecule has 2 rings (SSSR count). The molecule has 1 aromatic heterocycles. The van der Waals surface area contributed by atoms with Crippen molar-refractivity contribution in [2.45, 2.75) is 34.2 Å². The largest absolute Gasteiger partial charge is 0.332 e. The Kier molecular flexibility index (Phi) is 4.85. The second-order valence-electron chi connectivity index (χ2n) is 4.85. The zero-order chi connectivity index (χ0) is 15.6. The first-order valence-electron chi connectivity index (χ1n) is 6.81. The number of aryl methyl sites for hydroxylation is 2. The zero-order valence-corrected chi connectivity index (χ0v) is 14.2. The molecule has 6 heteroatoms. The molecule has 112 valence electrons. The van der Waals surface area contributed by atoms with Gasteiger partial charge >= 0.3 is 0 Å². The van der Waals surface area contributed by atoms with Crippen LogP contribution in [0.2, 0.25) is 5.02 Å². The predicted octanol–water partition coefficient (Wildman–Crippen LogP) is 4.29. The van der Waals surface area contributed by atoms with Gasteiger partial charge in [0.2, 0.25) is 0 Å². The molecule has 0 bridgehead atoms. The Bertz CT molecular complexity index is 679. The Morgan fingerprint density at radius 3 is 2.62 bits per heavy atom. The van der Waals surface area contributed by atoms with E-state index in [0.717, 1.165) is 34.9 Å². The number of nitrogens with one attached hydrogen (secondary N) is 2. The fourth-order valence-corrected chi connectivity index (χ4v) is 2.58. The molecule has 0 aliphatic heterocycles. The van der Waals surface area contributed by atoms with Gasteiger partial charge in [-0.15, -0.1) is 0 Å². The van der Waals surface area contributed by atoms with E-state index in [1.807, 2.05) is 43.7 Å². The summed E-state index contributed by atoms with van der Waals surface area (Å²) < 4.78 is 1.95. The number of hydrogen-bond donors (Lipinski definition) is 2. The van der Waals surface area contributed by atoms with Crippen molar-refractivity contribution in [3.8, 4) is 0 Å². The molecule has 21 heavy (non-hydrogen) atoms. The second-order valence-corrected chi connectivity index (χ2v) is 5.67. The lowest BCUT2D eigenvalue weighted by molar-refractivity contribution is 0.634. The van der Waals surface area contributed by atoms with Crippen LogP contribution in [0, 0.1) is 20.8 Å². The maximum atomic E-state index is 6.11. The lowest BCUT2D eigenvalue weighted by Crippen LogP contribution is -2.20. The van der Waals surface area contributed by atoms with Crippen LogP contribution in [-0.2, 0) is 6.54 Å². The molecule has 0 spiro atoms.